The Kier molecular flexibility index (Phi) is 4.02. The van der Waals surface area contributed by atoms with Gasteiger partial charge in [0.2, 0.25) is 5.91 Å². The Morgan fingerprint density at radius 3 is 1.82 bits per heavy atom. The molecule has 0 heterocycles. The molecule has 0 aliphatic carbocycles. The van der Waals surface area contributed by atoms with E-state index in [0.717, 1.165) is 0 Å². The number of carbonyl (C=O) groups excluding carboxylic acids is 1. The normalized spacial score (nSPS) is 11.5. The Hall–Kier alpha value is -0.650. The molecular formula is C6H13NO4. The van der Waals surface area contributed by atoms with Gasteiger partial charge in [-0.2, -0.15) is 0 Å². The molecule has 0 radical (unpaired) electrons. The molecule has 0 bridgehead atoms. The molecule has 66 valence electrons. The minimum absolute atomic E-state index is 0.136. The zero-order valence-electron chi connectivity index (χ0n) is 6.16. The molecule has 0 aromatic rings. The second kappa shape index (κ2) is 4.27. The van der Waals surface area contributed by atoms with E-state index in [9.17, 15) is 9.90 Å². The molecular weight excluding hydrogens is 150 g/mol. The van der Waals surface area contributed by atoms with Crippen LogP contribution in [0.5, 0.6) is 0 Å². The second-order valence-corrected chi connectivity index (χ2v) is 2.34. The lowest BCUT2D eigenvalue weighted by molar-refractivity contribution is -0.139. The lowest BCUT2D eigenvalue weighted by Gasteiger charge is -2.21. The SMILES string of the molecule is NC(=O)C(O)(CCO)CCO. The van der Waals surface area contributed by atoms with Crippen molar-refractivity contribution in [2.75, 3.05) is 13.2 Å². The number of rotatable bonds is 5. The molecule has 0 saturated carbocycles. The standard InChI is InChI=1S/C6H13NO4/c7-5(10)6(11,1-3-8)2-4-9/h8-9,11H,1-4H2,(H2,7,10). The first-order chi connectivity index (χ1) is 5.06. The van der Waals surface area contributed by atoms with Crippen molar-refractivity contribution in [1.82, 2.24) is 0 Å². The summed E-state index contributed by atoms with van der Waals surface area (Å²) in [7, 11) is 0. The van der Waals surface area contributed by atoms with E-state index in [-0.39, 0.29) is 26.1 Å². The van der Waals surface area contributed by atoms with Crippen LogP contribution in [0.25, 0.3) is 0 Å². The largest absolute Gasteiger partial charge is 0.396 e. The van der Waals surface area contributed by atoms with Gasteiger partial charge in [0.25, 0.3) is 0 Å². The van der Waals surface area contributed by atoms with Crippen LogP contribution in [0.1, 0.15) is 12.8 Å². The van der Waals surface area contributed by atoms with Gasteiger partial charge in [0, 0.05) is 26.1 Å². The molecule has 5 N–H and O–H groups in total. The molecule has 0 unspecified atom stereocenters. The fourth-order valence-electron chi connectivity index (χ4n) is 0.741. The number of primary amides is 1. The summed E-state index contributed by atoms with van der Waals surface area (Å²) in [5.74, 6) is -0.916. The maximum absolute atomic E-state index is 10.6. The predicted molar refractivity (Wildman–Crippen MR) is 37.5 cm³/mol. The first-order valence-electron chi connectivity index (χ1n) is 3.31. The van der Waals surface area contributed by atoms with E-state index in [4.69, 9.17) is 15.9 Å². The minimum Gasteiger partial charge on any atom is -0.396 e. The summed E-state index contributed by atoms with van der Waals surface area (Å²) in [5.41, 5.74) is 3.07. The summed E-state index contributed by atoms with van der Waals surface area (Å²) >= 11 is 0. The van der Waals surface area contributed by atoms with E-state index in [2.05, 4.69) is 0 Å². The molecule has 0 fully saturated rings. The molecule has 5 nitrogen and oxygen atoms in total. The van der Waals surface area contributed by atoms with E-state index in [1.807, 2.05) is 0 Å². The number of amides is 1. The molecule has 0 atom stereocenters. The zero-order valence-corrected chi connectivity index (χ0v) is 6.16. The van der Waals surface area contributed by atoms with Crippen LogP contribution in [-0.4, -0.2) is 40.0 Å². The van der Waals surface area contributed by atoms with Crippen molar-refractivity contribution in [3.63, 3.8) is 0 Å². The van der Waals surface area contributed by atoms with E-state index < -0.39 is 11.5 Å². The van der Waals surface area contributed by atoms with E-state index in [1.165, 1.54) is 0 Å². The summed E-state index contributed by atoms with van der Waals surface area (Å²) in [6.07, 6.45) is -0.272. The van der Waals surface area contributed by atoms with Crippen molar-refractivity contribution in [3.8, 4) is 0 Å². The second-order valence-electron chi connectivity index (χ2n) is 2.34. The quantitative estimate of drug-likeness (QED) is 0.375. The highest BCUT2D eigenvalue weighted by Crippen LogP contribution is 2.13. The molecule has 0 aliphatic heterocycles. The fourth-order valence-corrected chi connectivity index (χ4v) is 0.741. The Labute approximate surface area is 64.4 Å². The van der Waals surface area contributed by atoms with Gasteiger partial charge in [-0.3, -0.25) is 4.79 Å². The van der Waals surface area contributed by atoms with Gasteiger partial charge < -0.3 is 21.1 Å². The van der Waals surface area contributed by atoms with Gasteiger partial charge >= 0.3 is 0 Å². The molecule has 1 amide bonds. The highest BCUT2D eigenvalue weighted by atomic mass is 16.3. The predicted octanol–water partition coefficient (Wildman–Crippen LogP) is -2.03. The van der Waals surface area contributed by atoms with Gasteiger partial charge in [0.05, 0.1) is 0 Å². The Balaban J connectivity index is 4.13. The van der Waals surface area contributed by atoms with Crippen LogP contribution >= 0.6 is 0 Å². The van der Waals surface area contributed by atoms with Gasteiger partial charge in [0.15, 0.2) is 0 Å². The van der Waals surface area contributed by atoms with Gasteiger partial charge in [-0.15, -0.1) is 0 Å². The smallest absolute Gasteiger partial charge is 0.249 e. The van der Waals surface area contributed by atoms with E-state index in [0.29, 0.717) is 0 Å². The summed E-state index contributed by atoms with van der Waals surface area (Å²) in [4.78, 5) is 10.6. The zero-order chi connectivity index (χ0) is 8.91. The summed E-state index contributed by atoms with van der Waals surface area (Å²) in [5, 5.41) is 26.1. The van der Waals surface area contributed by atoms with Crippen LogP contribution < -0.4 is 5.73 Å². The lowest BCUT2D eigenvalue weighted by atomic mass is 9.96. The summed E-state index contributed by atoms with van der Waals surface area (Å²) in [6.45, 7) is -0.668. The summed E-state index contributed by atoms with van der Waals surface area (Å²) in [6, 6.07) is 0. The van der Waals surface area contributed by atoms with Crippen molar-refractivity contribution in [2.45, 2.75) is 18.4 Å². The highest BCUT2D eigenvalue weighted by molar-refractivity contribution is 5.83. The van der Waals surface area contributed by atoms with E-state index >= 15 is 0 Å². The van der Waals surface area contributed by atoms with Crippen molar-refractivity contribution in [2.24, 2.45) is 5.73 Å². The molecule has 0 aromatic carbocycles. The Bertz CT molecular complexity index is 131. The molecule has 0 spiro atoms. The number of nitrogens with two attached hydrogens (primary N) is 1. The van der Waals surface area contributed by atoms with Crippen molar-refractivity contribution in [3.05, 3.63) is 0 Å². The summed E-state index contributed by atoms with van der Waals surface area (Å²) < 4.78 is 0. The molecule has 11 heavy (non-hydrogen) atoms. The Morgan fingerprint density at radius 1 is 1.27 bits per heavy atom. The van der Waals surface area contributed by atoms with Crippen molar-refractivity contribution in [1.29, 1.82) is 0 Å². The first-order valence-corrected chi connectivity index (χ1v) is 3.31. The minimum atomic E-state index is -1.76. The number of aliphatic hydroxyl groups is 3. The highest BCUT2D eigenvalue weighted by Gasteiger charge is 2.32. The Morgan fingerprint density at radius 2 is 1.64 bits per heavy atom. The third-order valence-corrected chi connectivity index (χ3v) is 1.51. The van der Waals surface area contributed by atoms with Gasteiger partial charge in [0.1, 0.15) is 5.60 Å². The van der Waals surface area contributed by atoms with Gasteiger partial charge in [-0.1, -0.05) is 0 Å². The average molecular weight is 163 g/mol. The first kappa shape index (κ1) is 10.3. The maximum atomic E-state index is 10.6. The van der Waals surface area contributed by atoms with Crippen molar-refractivity contribution < 1.29 is 20.1 Å². The van der Waals surface area contributed by atoms with Crippen LogP contribution in [0, 0.1) is 0 Å². The van der Waals surface area contributed by atoms with Crippen LogP contribution in [0.15, 0.2) is 0 Å². The molecule has 0 aromatic heterocycles. The third-order valence-electron chi connectivity index (χ3n) is 1.51. The molecule has 0 aliphatic rings. The van der Waals surface area contributed by atoms with Crippen LogP contribution in [-0.2, 0) is 4.79 Å². The average Bonchev–Trinajstić information content (AvgIpc) is 1.88. The monoisotopic (exact) mass is 163 g/mol. The lowest BCUT2D eigenvalue weighted by Crippen LogP contribution is -2.45. The molecule has 0 rings (SSSR count). The van der Waals surface area contributed by atoms with Crippen LogP contribution in [0.4, 0.5) is 0 Å². The van der Waals surface area contributed by atoms with Crippen LogP contribution in [0.3, 0.4) is 0 Å². The van der Waals surface area contributed by atoms with Gasteiger partial charge in [-0.05, 0) is 0 Å². The topological polar surface area (TPSA) is 104 Å². The number of hydrogen-bond acceptors (Lipinski definition) is 4. The fraction of sp³-hybridized carbons (Fsp3) is 0.833. The van der Waals surface area contributed by atoms with Crippen LogP contribution in [0.2, 0.25) is 0 Å². The van der Waals surface area contributed by atoms with E-state index in [1.54, 1.807) is 0 Å². The molecule has 5 heteroatoms. The number of hydrogen-bond donors (Lipinski definition) is 4. The number of carbonyl (C=O) groups is 1. The van der Waals surface area contributed by atoms with Crippen molar-refractivity contribution >= 4 is 5.91 Å². The maximum Gasteiger partial charge on any atom is 0.249 e. The number of aliphatic hydroxyl groups excluding tert-OH is 2. The van der Waals surface area contributed by atoms with Gasteiger partial charge in [-0.25, -0.2) is 0 Å². The molecule has 0 saturated heterocycles. The third kappa shape index (κ3) is 2.83.